The van der Waals surface area contributed by atoms with Crippen LogP contribution in [-0.2, 0) is 9.53 Å². The van der Waals surface area contributed by atoms with Crippen molar-refractivity contribution in [2.75, 3.05) is 26.2 Å². The van der Waals surface area contributed by atoms with Crippen LogP contribution in [0.15, 0.2) is 0 Å². The monoisotopic (exact) mass is 215 g/mol. The molecule has 15 heavy (non-hydrogen) atoms. The van der Waals surface area contributed by atoms with Gasteiger partial charge in [-0.05, 0) is 6.92 Å². The van der Waals surface area contributed by atoms with Crippen LogP contribution >= 0.6 is 0 Å². The van der Waals surface area contributed by atoms with Crippen molar-refractivity contribution >= 4 is 11.9 Å². The summed E-state index contributed by atoms with van der Waals surface area (Å²) in [6, 6.07) is -0.796. The van der Waals surface area contributed by atoms with Crippen LogP contribution in [0.5, 0.6) is 0 Å². The van der Waals surface area contributed by atoms with Crippen molar-refractivity contribution in [2.24, 2.45) is 5.73 Å². The summed E-state index contributed by atoms with van der Waals surface area (Å²) in [6.07, 6.45) is 0.494. The molecule has 1 heterocycles. The first-order valence-corrected chi connectivity index (χ1v) is 5.01. The van der Waals surface area contributed by atoms with Crippen molar-refractivity contribution in [1.29, 1.82) is 0 Å². The highest BCUT2D eigenvalue weighted by Gasteiger charge is 2.17. The molecule has 1 aliphatic rings. The van der Waals surface area contributed by atoms with Gasteiger partial charge >= 0.3 is 6.03 Å². The third-order valence-electron chi connectivity index (χ3n) is 2.24. The maximum absolute atomic E-state index is 11.1. The normalized spacial score (nSPS) is 22.3. The molecular formula is C9H17N3O3. The topological polar surface area (TPSA) is 84.7 Å². The van der Waals surface area contributed by atoms with E-state index in [9.17, 15) is 9.59 Å². The number of imide groups is 1. The molecule has 1 fully saturated rings. The Morgan fingerprint density at radius 3 is 2.93 bits per heavy atom. The van der Waals surface area contributed by atoms with E-state index in [4.69, 9.17) is 10.5 Å². The number of amides is 3. The molecule has 1 rings (SSSR count). The number of hydrogen-bond acceptors (Lipinski definition) is 4. The molecular weight excluding hydrogens is 198 g/mol. The lowest BCUT2D eigenvalue weighted by Gasteiger charge is -2.30. The summed E-state index contributed by atoms with van der Waals surface area (Å²) in [5.41, 5.74) is 4.82. The van der Waals surface area contributed by atoms with Gasteiger partial charge in [-0.15, -0.1) is 0 Å². The zero-order valence-electron chi connectivity index (χ0n) is 8.86. The maximum atomic E-state index is 11.1. The van der Waals surface area contributed by atoms with Crippen LogP contribution in [0.4, 0.5) is 4.79 Å². The number of nitrogens with zero attached hydrogens (tertiary/aromatic N) is 1. The van der Waals surface area contributed by atoms with Crippen LogP contribution in [0.1, 0.15) is 13.3 Å². The van der Waals surface area contributed by atoms with Gasteiger partial charge in [0.15, 0.2) is 0 Å². The first kappa shape index (κ1) is 11.9. The van der Waals surface area contributed by atoms with E-state index in [0.29, 0.717) is 13.2 Å². The molecule has 0 saturated carbocycles. The highest BCUT2D eigenvalue weighted by Crippen LogP contribution is 2.04. The minimum atomic E-state index is -0.796. The molecule has 1 atom stereocenters. The minimum absolute atomic E-state index is 0.206. The van der Waals surface area contributed by atoms with Crippen LogP contribution in [0, 0.1) is 0 Å². The lowest BCUT2D eigenvalue weighted by Crippen LogP contribution is -2.43. The van der Waals surface area contributed by atoms with Crippen molar-refractivity contribution in [3.8, 4) is 0 Å². The largest absolute Gasteiger partial charge is 0.376 e. The highest BCUT2D eigenvalue weighted by atomic mass is 16.5. The van der Waals surface area contributed by atoms with Crippen molar-refractivity contribution in [3.63, 3.8) is 0 Å². The van der Waals surface area contributed by atoms with Gasteiger partial charge in [0.2, 0.25) is 5.91 Å². The molecule has 1 saturated heterocycles. The summed E-state index contributed by atoms with van der Waals surface area (Å²) >= 11 is 0. The third-order valence-corrected chi connectivity index (χ3v) is 2.24. The van der Waals surface area contributed by atoms with Crippen molar-refractivity contribution < 1.29 is 14.3 Å². The number of rotatable bonds is 3. The summed E-state index contributed by atoms with van der Waals surface area (Å²) in [7, 11) is 0. The van der Waals surface area contributed by atoms with Crippen molar-refractivity contribution in [2.45, 2.75) is 19.4 Å². The standard InChI is InChI=1S/C9H17N3O3/c1-7-6-12(4-5-15-7)3-2-8(13)11-9(10)14/h7H,2-6H2,1H3,(H3,10,11,13,14)/t7-/m0/s1. The molecule has 6 nitrogen and oxygen atoms in total. The van der Waals surface area contributed by atoms with E-state index in [-0.39, 0.29) is 18.4 Å². The number of carbonyl (C=O) groups excluding carboxylic acids is 2. The Morgan fingerprint density at radius 2 is 2.33 bits per heavy atom. The van der Waals surface area contributed by atoms with Crippen molar-refractivity contribution in [1.82, 2.24) is 10.2 Å². The fourth-order valence-electron chi connectivity index (χ4n) is 1.55. The molecule has 0 aromatic heterocycles. The Balaban J connectivity index is 2.18. The summed E-state index contributed by atoms with van der Waals surface area (Å²) < 4.78 is 5.36. The van der Waals surface area contributed by atoms with Crippen molar-refractivity contribution in [3.05, 3.63) is 0 Å². The second-order valence-electron chi connectivity index (χ2n) is 3.64. The smallest absolute Gasteiger partial charge is 0.318 e. The van der Waals surface area contributed by atoms with Gasteiger partial charge in [0.25, 0.3) is 0 Å². The molecule has 3 amide bonds. The zero-order valence-corrected chi connectivity index (χ0v) is 8.86. The zero-order chi connectivity index (χ0) is 11.3. The molecule has 6 heteroatoms. The van der Waals surface area contributed by atoms with E-state index >= 15 is 0 Å². The molecule has 0 spiro atoms. The first-order chi connectivity index (χ1) is 7.08. The minimum Gasteiger partial charge on any atom is -0.376 e. The number of nitrogens with two attached hydrogens (primary N) is 1. The molecule has 0 radical (unpaired) electrons. The van der Waals surface area contributed by atoms with Gasteiger partial charge in [-0.1, -0.05) is 0 Å². The second-order valence-corrected chi connectivity index (χ2v) is 3.64. The van der Waals surface area contributed by atoms with Gasteiger partial charge in [-0.3, -0.25) is 15.0 Å². The number of urea groups is 1. The summed E-state index contributed by atoms with van der Waals surface area (Å²) in [5, 5.41) is 2.04. The van der Waals surface area contributed by atoms with E-state index in [0.717, 1.165) is 13.1 Å². The third kappa shape index (κ3) is 4.75. The molecule has 0 aromatic carbocycles. The molecule has 0 aromatic rings. The lowest BCUT2D eigenvalue weighted by molar-refractivity contribution is -0.120. The average Bonchev–Trinajstić information content (AvgIpc) is 2.14. The number of hydrogen-bond donors (Lipinski definition) is 2. The Morgan fingerprint density at radius 1 is 1.60 bits per heavy atom. The maximum Gasteiger partial charge on any atom is 0.318 e. The lowest BCUT2D eigenvalue weighted by atomic mass is 10.2. The molecule has 3 N–H and O–H groups in total. The number of nitrogens with one attached hydrogen (secondary N) is 1. The van der Waals surface area contributed by atoms with Crippen LogP contribution in [0.25, 0.3) is 0 Å². The van der Waals surface area contributed by atoms with E-state index in [1.807, 2.05) is 12.2 Å². The Labute approximate surface area is 88.7 Å². The van der Waals surface area contributed by atoms with Crippen LogP contribution in [-0.4, -0.2) is 49.2 Å². The first-order valence-electron chi connectivity index (χ1n) is 5.01. The molecule has 0 aliphatic carbocycles. The van der Waals surface area contributed by atoms with Gasteiger partial charge in [0.1, 0.15) is 0 Å². The van der Waals surface area contributed by atoms with Gasteiger partial charge in [0.05, 0.1) is 12.7 Å². The quantitative estimate of drug-likeness (QED) is 0.651. The number of carbonyl (C=O) groups is 2. The highest BCUT2D eigenvalue weighted by molar-refractivity contribution is 5.93. The average molecular weight is 215 g/mol. The van der Waals surface area contributed by atoms with Gasteiger partial charge in [0, 0.05) is 26.1 Å². The molecule has 86 valence electrons. The second kappa shape index (κ2) is 5.67. The summed E-state index contributed by atoms with van der Waals surface area (Å²) in [4.78, 5) is 23.6. The number of morpholine rings is 1. The van der Waals surface area contributed by atoms with Crippen LogP contribution < -0.4 is 11.1 Å². The van der Waals surface area contributed by atoms with E-state index < -0.39 is 6.03 Å². The van der Waals surface area contributed by atoms with Gasteiger partial charge in [-0.25, -0.2) is 4.79 Å². The van der Waals surface area contributed by atoms with E-state index in [2.05, 4.69) is 4.90 Å². The fraction of sp³-hybridized carbons (Fsp3) is 0.778. The fourth-order valence-corrected chi connectivity index (χ4v) is 1.55. The Bertz CT molecular complexity index is 245. The summed E-state index contributed by atoms with van der Waals surface area (Å²) in [5.74, 6) is -0.332. The SMILES string of the molecule is C[C@H]1CN(CCC(=O)NC(N)=O)CCO1. The van der Waals surface area contributed by atoms with Gasteiger partial charge < -0.3 is 10.5 Å². The number of primary amides is 1. The van der Waals surface area contributed by atoms with Crippen LogP contribution in [0.2, 0.25) is 0 Å². The Kier molecular flexibility index (Phi) is 4.51. The van der Waals surface area contributed by atoms with Crippen LogP contribution in [0.3, 0.4) is 0 Å². The van der Waals surface area contributed by atoms with E-state index in [1.165, 1.54) is 0 Å². The predicted molar refractivity (Wildman–Crippen MR) is 54.2 cm³/mol. The van der Waals surface area contributed by atoms with Gasteiger partial charge in [-0.2, -0.15) is 0 Å². The molecule has 0 bridgehead atoms. The number of ether oxygens (including phenoxy) is 1. The molecule has 1 aliphatic heterocycles. The molecule has 0 unspecified atom stereocenters. The predicted octanol–water partition coefficient (Wildman–Crippen LogP) is -0.708. The van der Waals surface area contributed by atoms with E-state index in [1.54, 1.807) is 0 Å². The summed E-state index contributed by atoms with van der Waals surface area (Å²) in [6.45, 7) is 4.97. The Hall–Kier alpha value is -1.14.